The van der Waals surface area contributed by atoms with E-state index >= 15 is 0 Å². The number of hydrogen-bond donors (Lipinski definition) is 1. The van der Waals surface area contributed by atoms with Crippen LogP contribution >= 0.6 is 0 Å². The third-order valence-corrected chi connectivity index (χ3v) is 2.93. The molecule has 20 heavy (non-hydrogen) atoms. The second kappa shape index (κ2) is 5.92. The van der Waals surface area contributed by atoms with Crippen molar-refractivity contribution in [3.8, 4) is 5.88 Å². The third kappa shape index (κ3) is 3.08. The lowest BCUT2D eigenvalue weighted by atomic mass is 10.1. The van der Waals surface area contributed by atoms with Gasteiger partial charge in [0.15, 0.2) is 0 Å². The first-order valence-electron chi connectivity index (χ1n) is 6.04. The largest absolute Gasteiger partial charge is 0.473 e. The molecule has 1 atom stereocenters. The molecule has 1 unspecified atom stereocenters. The highest BCUT2D eigenvalue weighted by Gasteiger charge is 2.18. The topological polar surface area (TPSA) is 55.2 Å². The van der Waals surface area contributed by atoms with Gasteiger partial charge in [0.25, 0.3) is 0 Å². The average molecular weight is 280 g/mol. The van der Waals surface area contributed by atoms with Crippen LogP contribution in [0.1, 0.15) is 22.9 Å². The predicted octanol–water partition coefficient (Wildman–Crippen LogP) is 2.48. The highest BCUT2D eigenvalue weighted by molar-refractivity contribution is 5.23. The first kappa shape index (κ1) is 14.3. The van der Waals surface area contributed by atoms with Crippen molar-refractivity contribution in [1.82, 2.24) is 10.2 Å². The van der Waals surface area contributed by atoms with E-state index in [1.807, 2.05) is 6.92 Å². The van der Waals surface area contributed by atoms with Gasteiger partial charge < -0.3 is 9.84 Å². The summed E-state index contributed by atoms with van der Waals surface area (Å²) >= 11 is 0. The zero-order valence-corrected chi connectivity index (χ0v) is 11.1. The van der Waals surface area contributed by atoms with Gasteiger partial charge in [-0.25, -0.2) is 8.78 Å². The number of benzene rings is 1. The molecule has 0 fully saturated rings. The number of aromatic nitrogens is 2. The summed E-state index contributed by atoms with van der Waals surface area (Å²) in [5.74, 6) is -1.43. The fraction of sp³-hybridized carbons (Fsp3) is 0.286. The van der Waals surface area contributed by atoms with E-state index in [0.717, 1.165) is 23.4 Å². The Bertz CT molecular complexity index is 600. The van der Waals surface area contributed by atoms with Crippen molar-refractivity contribution in [3.05, 3.63) is 52.7 Å². The number of nitrogens with zero attached hydrogens (tertiary/aromatic N) is 2. The lowest BCUT2D eigenvalue weighted by Gasteiger charge is -2.13. The fourth-order valence-electron chi connectivity index (χ4n) is 1.67. The Morgan fingerprint density at radius 2 is 1.85 bits per heavy atom. The van der Waals surface area contributed by atoms with E-state index in [4.69, 9.17) is 4.74 Å². The van der Waals surface area contributed by atoms with E-state index in [9.17, 15) is 13.9 Å². The zero-order chi connectivity index (χ0) is 14.7. The van der Waals surface area contributed by atoms with Gasteiger partial charge in [-0.3, -0.25) is 0 Å². The Kier molecular flexibility index (Phi) is 4.24. The summed E-state index contributed by atoms with van der Waals surface area (Å²) in [7, 11) is 0. The van der Waals surface area contributed by atoms with Crippen LogP contribution in [0.2, 0.25) is 0 Å². The van der Waals surface area contributed by atoms with Crippen molar-refractivity contribution in [1.29, 1.82) is 0 Å². The standard InChI is InChI=1S/C14H14F2N2O2/c1-8-6-13(18-17-9(8)2)20-7-12(19)14-10(15)4-3-5-11(14)16/h3-6,12,19H,7H2,1-2H3. The molecule has 1 N–H and O–H groups in total. The summed E-state index contributed by atoms with van der Waals surface area (Å²) in [6, 6.07) is 5.04. The van der Waals surface area contributed by atoms with Gasteiger partial charge in [0.2, 0.25) is 5.88 Å². The Hall–Kier alpha value is -2.08. The highest BCUT2D eigenvalue weighted by Crippen LogP contribution is 2.21. The molecule has 0 saturated heterocycles. The Balaban J connectivity index is 2.08. The SMILES string of the molecule is Cc1cc(OCC(O)c2c(F)cccc2F)nnc1C. The zero-order valence-electron chi connectivity index (χ0n) is 11.1. The molecular weight excluding hydrogens is 266 g/mol. The minimum atomic E-state index is -1.42. The molecule has 0 aliphatic carbocycles. The van der Waals surface area contributed by atoms with Gasteiger partial charge in [-0.1, -0.05) is 6.07 Å². The maximum Gasteiger partial charge on any atom is 0.233 e. The summed E-state index contributed by atoms with van der Waals surface area (Å²) in [5.41, 5.74) is 1.23. The molecule has 0 aliphatic heterocycles. The summed E-state index contributed by atoms with van der Waals surface area (Å²) in [5, 5.41) is 17.5. The van der Waals surface area contributed by atoms with Crippen molar-refractivity contribution in [3.63, 3.8) is 0 Å². The number of aryl methyl sites for hydroxylation is 2. The molecule has 4 nitrogen and oxygen atoms in total. The van der Waals surface area contributed by atoms with E-state index in [-0.39, 0.29) is 12.5 Å². The lowest BCUT2D eigenvalue weighted by molar-refractivity contribution is 0.0982. The smallest absolute Gasteiger partial charge is 0.233 e. The third-order valence-electron chi connectivity index (χ3n) is 2.93. The molecule has 0 saturated carbocycles. The summed E-state index contributed by atoms with van der Waals surface area (Å²) in [6.45, 7) is 3.33. The Morgan fingerprint density at radius 1 is 1.20 bits per heavy atom. The second-order valence-corrected chi connectivity index (χ2v) is 4.41. The maximum atomic E-state index is 13.5. The van der Waals surface area contributed by atoms with E-state index < -0.39 is 23.3 Å². The molecule has 0 aliphatic rings. The molecule has 2 aromatic rings. The number of aliphatic hydroxyl groups is 1. The van der Waals surface area contributed by atoms with Crippen LogP contribution in [-0.2, 0) is 0 Å². The quantitative estimate of drug-likeness (QED) is 0.934. The Morgan fingerprint density at radius 3 is 2.45 bits per heavy atom. The van der Waals surface area contributed by atoms with E-state index in [1.54, 1.807) is 13.0 Å². The van der Waals surface area contributed by atoms with Crippen molar-refractivity contribution in [2.24, 2.45) is 0 Å². The van der Waals surface area contributed by atoms with Crippen LogP contribution in [0.15, 0.2) is 24.3 Å². The van der Waals surface area contributed by atoms with Crippen molar-refractivity contribution >= 4 is 0 Å². The molecule has 106 valence electrons. The molecule has 1 aromatic carbocycles. The maximum absolute atomic E-state index is 13.5. The van der Waals surface area contributed by atoms with Crippen LogP contribution in [-0.4, -0.2) is 21.9 Å². The van der Waals surface area contributed by atoms with E-state index in [1.165, 1.54) is 6.07 Å². The van der Waals surface area contributed by atoms with Crippen LogP contribution < -0.4 is 4.74 Å². The van der Waals surface area contributed by atoms with Gasteiger partial charge in [0.1, 0.15) is 24.3 Å². The number of halogens is 2. The average Bonchev–Trinajstić information content (AvgIpc) is 2.40. The van der Waals surface area contributed by atoms with Gasteiger partial charge in [-0.2, -0.15) is 5.10 Å². The molecule has 6 heteroatoms. The summed E-state index contributed by atoms with van der Waals surface area (Å²) in [4.78, 5) is 0. The predicted molar refractivity (Wildman–Crippen MR) is 68.3 cm³/mol. The van der Waals surface area contributed by atoms with Gasteiger partial charge >= 0.3 is 0 Å². The van der Waals surface area contributed by atoms with Crippen molar-refractivity contribution in [2.75, 3.05) is 6.61 Å². The molecule has 0 radical (unpaired) electrons. The van der Waals surface area contributed by atoms with E-state index in [0.29, 0.717) is 0 Å². The van der Waals surface area contributed by atoms with Crippen LogP contribution in [0, 0.1) is 25.5 Å². The number of hydrogen-bond acceptors (Lipinski definition) is 4. The molecule has 0 bridgehead atoms. The number of rotatable bonds is 4. The molecule has 1 aromatic heterocycles. The Labute approximate surface area is 115 Å². The van der Waals surface area contributed by atoms with Gasteiger partial charge in [0.05, 0.1) is 11.3 Å². The van der Waals surface area contributed by atoms with Crippen molar-refractivity contribution < 1.29 is 18.6 Å². The number of ether oxygens (including phenoxy) is 1. The summed E-state index contributed by atoms with van der Waals surface area (Å²) in [6.07, 6.45) is -1.42. The minimum Gasteiger partial charge on any atom is -0.473 e. The lowest BCUT2D eigenvalue weighted by Crippen LogP contribution is -2.14. The minimum absolute atomic E-state index is 0.198. The van der Waals surface area contributed by atoms with Crippen LogP contribution in [0.25, 0.3) is 0 Å². The summed E-state index contributed by atoms with van der Waals surface area (Å²) < 4.78 is 32.1. The first-order valence-corrected chi connectivity index (χ1v) is 6.04. The molecular formula is C14H14F2N2O2. The van der Waals surface area contributed by atoms with E-state index in [2.05, 4.69) is 10.2 Å². The highest BCUT2D eigenvalue weighted by atomic mass is 19.1. The molecule has 0 spiro atoms. The fourth-order valence-corrected chi connectivity index (χ4v) is 1.67. The van der Waals surface area contributed by atoms with Gasteiger partial charge in [0, 0.05) is 6.07 Å². The van der Waals surface area contributed by atoms with Crippen molar-refractivity contribution in [2.45, 2.75) is 20.0 Å². The first-order chi connectivity index (χ1) is 9.49. The normalized spacial score (nSPS) is 12.2. The number of aliphatic hydroxyl groups excluding tert-OH is 1. The van der Waals surface area contributed by atoms with Crippen LogP contribution in [0.5, 0.6) is 5.88 Å². The second-order valence-electron chi connectivity index (χ2n) is 4.41. The monoisotopic (exact) mass is 280 g/mol. The van der Waals surface area contributed by atoms with Crippen LogP contribution in [0.3, 0.4) is 0 Å². The molecule has 0 amide bonds. The van der Waals surface area contributed by atoms with Gasteiger partial charge in [-0.05, 0) is 31.5 Å². The molecule has 2 rings (SSSR count). The molecule has 1 heterocycles. The van der Waals surface area contributed by atoms with Crippen LogP contribution in [0.4, 0.5) is 8.78 Å². The van der Waals surface area contributed by atoms with Gasteiger partial charge in [-0.15, -0.1) is 5.10 Å².